The highest BCUT2D eigenvalue weighted by Crippen LogP contribution is 2.31. The molecule has 0 saturated heterocycles. The molecule has 144 valence electrons. The summed E-state index contributed by atoms with van der Waals surface area (Å²) >= 11 is 0. The summed E-state index contributed by atoms with van der Waals surface area (Å²) in [6.07, 6.45) is 2.95. The molecule has 0 aliphatic heterocycles. The Morgan fingerprint density at radius 1 is 1.04 bits per heavy atom. The number of amides is 1. The largest absolute Gasteiger partial charge is 0.320 e. The van der Waals surface area contributed by atoms with Gasteiger partial charge in [0.1, 0.15) is 0 Å². The molecule has 1 amide bonds. The fraction of sp³-hybridized carbons (Fsp3) is 0.333. The number of nitrogens with one attached hydrogen (secondary N) is 1. The van der Waals surface area contributed by atoms with E-state index in [9.17, 15) is 4.79 Å². The minimum Gasteiger partial charge on any atom is -0.320 e. The Hall–Kier alpha value is -2.88. The molecule has 2 aromatic carbocycles. The lowest BCUT2D eigenvalue weighted by atomic mass is 9.98. The van der Waals surface area contributed by atoms with Crippen molar-refractivity contribution in [2.24, 2.45) is 0 Å². The fourth-order valence-corrected chi connectivity index (χ4v) is 4.14. The summed E-state index contributed by atoms with van der Waals surface area (Å²) in [4.78, 5) is 13.2. The number of hydrogen-bond donors (Lipinski definition) is 1. The molecule has 0 unspecified atom stereocenters. The van der Waals surface area contributed by atoms with E-state index in [2.05, 4.69) is 44.3 Å². The molecule has 0 saturated carbocycles. The molecule has 4 rings (SSSR count). The number of anilines is 1. The Morgan fingerprint density at radius 2 is 1.79 bits per heavy atom. The van der Waals surface area contributed by atoms with E-state index in [1.807, 2.05) is 35.9 Å². The molecule has 0 fully saturated rings. The van der Waals surface area contributed by atoms with Crippen LogP contribution in [0.3, 0.4) is 0 Å². The highest BCUT2D eigenvalue weighted by Gasteiger charge is 2.28. The third kappa shape index (κ3) is 3.13. The van der Waals surface area contributed by atoms with Crippen LogP contribution in [0.15, 0.2) is 42.5 Å². The third-order valence-corrected chi connectivity index (χ3v) is 5.65. The maximum Gasteiger partial charge on any atom is 0.276 e. The highest BCUT2D eigenvalue weighted by molar-refractivity contribution is 6.05. The normalized spacial score (nSPS) is 13.0. The van der Waals surface area contributed by atoms with E-state index < -0.39 is 0 Å². The van der Waals surface area contributed by atoms with Gasteiger partial charge in [-0.2, -0.15) is 5.10 Å². The van der Waals surface area contributed by atoms with Crippen molar-refractivity contribution in [2.75, 3.05) is 5.32 Å². The highest BCUT2D eigenvalue weighted by atomic mass is 16.2. The van der Waals surface area contributed by atoms with E-state index in [1.165, 1.54) is 5.69 Å². The number of nitrogens with zero attached hydrogens (tertiary/aromatic N) is 2. The average Bonchev–Trinajstić information content (AvgIpc) is 3.26. The maximum absolute atomic E-state index is 13.2. The van der Waals surface area contributed by atoms with E-state index in [4.69, 9.17) is 5.10 Å². The maximum atomic E-state index is 13.2. The number of carbonyl (C=O) groups excluding carboxylic acids is 1. The van der Waals surface area contributed by atoms with Gasteiger partial charge in [0.05, 0.1) is 5.69 Å². The van der Waals surface area contributed by atoms with Gasteiger partial charge in [-0.3, -0.25) is 4.79 Å². The van der Waals surface area contributed by atoms with Gasteiger partial charge in [0.25, 0.3) is 5.91 Å². The zero-order chi connectivity index (χ0) is 19.8. The summed E-state index contributed by atoms with van der Waals surface area (Å²) in [6.45, 7) is 8.42. The van der Waals surface area contributed by atoms with Gasteiger partial charge in [-0.25, -0.2) is 4.68 Å². The summed E-state index contributed by atoms with van der Waals surface area (Å²) in [5, 5.41) is 7.94. The first-order valence-electron chi connectivity index (χ1n) is 10.0. The van der Waals surface area contributed by atoms with Gasteiger partial charge in [0.2, 0.25) is 0 Å². The molecule has 1 aliphatic carbocycles. The molecule has 1 N–H and O–H groups in total. The molecule has 0 radical (unpaired) electrons. The lowest BCUT2D eigenvalue weighted by Crippen LogP contribution is -2.17. The molecule has 28 heavy (non-hydrogen) atoms. The number of aryl methyl sites for hydroxylation is 2. The van der Waals surface area contributed by atoms with Gasteiger partial charge in [-0.1, -0.05) is 50.2 Å². The Balaban J connectivity index is 1.75. The number of benzene rings is 2. The number of para-hydroxylation sites is 2. The van der Waals surface area contributed by atoms with E-state index in [1.54, 1.807) is 0 Å². The van der Waals surface area contributed by atoms with Crippen molar-refractivity contribution in [2.45, 2.75) is 52.9 Å². The lowest BCUT2D eigenvalue weighted by molar-refractivity contribution is 0.102. The molecule has 1 aliphatic rings. The summed E-state index contributed by atoms with van der Waals surface area (Å²) in [6, 6.07) is 14.4. The van der Waals surface area contributed by atoms with E-state index in [0.29, 0.717) is 11.6 Å². The van der Waals surface area contributed by atoms with Crippen molar-refractivity contribution in [1.29, 1.82) is 0 Å². The van der Waals surface area contributed by atoms with Crippen molar-refractivity contribution >= 4 is 11.6 Å². The minimum atomic E-state index is -0.110. The Morgan fingerprint density at radius 3 is 2.54 bits per heavy atom. The second kappa shape index (κ2) is 7.27. The van der Waals surface area contributed by atoms with Gasteiger partial charge in [-0.15, -0.1) is 0 Å². The summed E-state index contributed by atoms with van der Waals surface area (Å²) in [5.41, 5.74) is 8.20. The van der Waals surface area contributed by atoms with Crippen molar-refractivity contribution in [3.05, 3.63) is 76.1 Å². The zero-order valence-corrected chi connectivity index (χ0v) is 17.0. The first kappa shape index (κ1) is 18.5. The third-order valence-electron chi connectivity index (χ3n) is 5.65. The minimum absolute atomic E-state index is 0.110. The van der Waals surface area contributed by atoms with Crippen LogP contribution in [0.5, 0.6) is 0 Å². The number of aromatic nitrogens is 2. The van der Waals surface area contributed by atoms with Crippen LogP contribution in [0, 0.1) is 13.8 Å². The van der Waals surface area contributed by atoms with Crippen LogP contribution in [0.25, 0.3) is 5.69 Å². The molecule has 0 bridgehead atoms. The number of rotatable bonds is 4. The molecule has 4 heteroatoms. The van der Waals surface area contributed by atoms with Gasteiger partial charge in [0.15, 0.2) is 5.69 Å². The number of carbonyl (C=O) groups is 1. The van der Waals surface area contributed by atoms with Crippen LogP contribution in [-0.2, 0) is 12.8 Å². The second-order valence-corrected chi connectivity index (χ2v) is 7.97. The van der Waals surface area contributed by atoms with E-state index in [-0.39, 0.29) is 5.91 Å². The van der Waals surface area contributed by atoms with Gasteiger partial charge in [0, 0.05) is 16.9 Å². The lowest BCUT2D eigenvalue weighted by Gasteiger charge is -2.16. The SMILES string of the molecule is Cc1ccccc1-n1nc(C(=O)Nc2c(C)cccc2C(C)C)c2c1CCC2. The van der Waals surface area contributed by atoms with Gasteiger partial charge >= 0.3 is 0 Å². The smallest absolute Gasteiger partial charge is 0.276 e. The van der Waals surface area contributed by atoms with Crippen molar-refractivity contribution in [3.63, 3.8) is 0 Å². The summed E-state index contributed by atoms with van der Waals surface area (Å²) in [5.74, 6) is 0.229. The molecule has 4 nitrogen and oxygen atoms in total. The molecule has 0 spiro atoms. The first-order valence-corrected chi connectivity index (χ1v) is 10.0. The van der Waals surface area contributed by atoms with Crippen molar-refractivity contribution in [1.82, 2.24) is 9.78 Å². The van der Waals surface area contributed by atoms with Crippen LogP contribution in [0.2, 0.25) is 0 Å². The van der Waals surface area contributed by atoms with Crippen LogP contribution in [0.4, 0.5) is 5.69 Å². The molecule has 3 aromatic rings. The van der Waals surface area contributed by atoms with Crippen LogP contribution >= 0.6 is 0 Å². The van der Waals surface area contributed by atoms with Gasteiger partial charge < -0.3 is 5.32 Å². The monoisotopic (exact) mass is 373 g/mol. The van der Waals surface area contributed by atoms with Crippen LogP contribution in [-0.4, -0.2) is 15.7 Å². The Bertz CT molecular complexity index is 1050. The number of hydrogen-bond acceptors (Lipinski definition) is 2. The fourth-order valence-electron chi connectivity index (χ4n) is 4.14. The molecule has 0 atom stereocenters. The van der Waals surface area contributed by atoms with E-state index >= 15 is 0 Å². The van der Waals surface area contributed by atoms with Crippen molar-refractivity contribution in [3.8, 4) is 5.69 Å². The number of fused-ring (bicyclic) bond motifs is 1. The predicted octanol–water partition coefficient (Wildman–Crippen LogP) is 5.35. The van der Waals surface area contributed by atoms with Crippen molar-refractivity contribution < 1.29 is 4.79 Å². The summed E-state index contributed by atoms with van der Waals surface area (Å²) < 4.78 is 1.98. The zero-order valence-electron chi connectivity index (χ0n) is 17.0. The predicted molar refractivity (Wildman–Crippen MR) is 114 cm³/mol. The second-order valence-electron chi connectivity index (χ2n) is 7.97. The first-order chi connectivity index (χ1) is 13.5. The molecular weight excluding hydrogens is 346 g/mol. The average molecular weight is 374 g/mol. The van der Waals surface area contributed by atoms with E-state index in [0.717, 1.165) is 52.9 Å². The Kier molecular flexibility index (Phi) is 4.80. The topological polar surface area (TPSA) is 46.9 Å². The van der Waals surface area contributed by atoms with Crippen LogP contribution < -0.4 is 5.32 Å². The quantitative estimate of drug-likeness (QED) is 0.670. The summed E-state index contributed by atoms with van der Waals surface area (Å²) in [7, 11) is 0. The van der Waals surface area contributed by atoms with Crippen LogP contribution in [0.1, 0.15) is 64.6 Å². The standard InChI is InChI=1S/C24H27N3O/c1-15(2)18-11-7-10-17(4)22(18)25-24(28)23-19-12-8-14-21(19)27(26-23)20-13-6-5-9-16(20)3/h5-7,9-11,13,15H,8,12,14H2,1-4H3,(H,25,28). The Labute approximate surface area is 166 Å². The molecule has 1 heterocycles. The molecule has 1 aromatic heterocycles. The molecular formula is C24H27N3O. The van der Waals surface area contributed by atoms with Gasteiger partial charge in [-0.05, 0) is 61.8 Å².